The Hall–Kier alpha value is -4.12. The van der Waals surface area contributed by atoms with Crippen LogP contribution in [0.3, 0.4) is 0 Å². The van der Waals surface area contributed by atoms with Crippen LogP contribution in [0.5, 0.6) is 5.75 Å². The maximum Gasteiger partial charge on any atom is 0.257 e. The third-order valence-corrected chi connectivity index (χ3v) is 6.60. The highest BCUT2D eigenvalue weighted by Crippen LogP contribution is 2.35. The number of pyridine rings is 2. The van der Waals surface area contributed by atoms with Crippen molar-refractivity contribution in [2.45, 2.75) is 32.2 Å². The standard InChI is InChI=1S/C27H28N6O2/c1-32-17-24-25(27(32)34)23(31-22-8-6-7-18(15-28)26(22)35-2)14-20(30-24)13-19-9-10-21(16-29-19)33-11-4-3-5-12-33/h6-10,14,16H,3-5,11-13,17H2,1-2H3,(H,30,31). The predicted octanol–water partition coefficient (Wildman–Crippen LogP) is 4.27. The number of carbonyl (C=O) groups excluding carboxylic acids is 1. The van der Waals surface area contributed by atoms with Gasteiger partial charge in [0.1, 0.15) is 6.07 Å². The molecule has 1 aromatic carbocycles. The van der Waals surface area contributed by atoms with Gasteiger partial charge < -0.3 is 19.9 Å². The Labute approximate surface area is 205 Å². The zero-order valence-corrected chi connectivity index (χ0v) is 20.0. The minimum atomic E-state index is -0.0824. The molecule has 2 aliphatic heterocycles. The van der Waals surface area contributed by atoms with Gasteiger partial charge in [-0.2, -0.15) is 5.26 Å². The number of nitrogens with zero attached hydrogens (tertiary/aromatic N) is 5. The van der Waals surface area contributed by atoms with Crippen molar-refractivity contribution in [1.29, 1.82) is 5.26 Å². The molecule has 8 heteroatoms. The maximum atomic E-state index is 12.9. The van der Waals surface area contributed by atoms with Crippen LogP contribution in [0, 0.1) is 11.3 Å². The zero-order chi connectivity index (χ0) is 24.4. The number of nitriles is 1. The normalized spacial score (nSPS) is 15.1. The van der Waals surface area contributed by atoms with E-state index in [1.54, 1.807) is 24.1 Å². The van der Waals surface area contributed by atoms with Gasteiger partial charge in [0.2, 0.25) is 0 Å². The van der Waals surface area contributed by atoms with Crippen LogP contribution in [-0.2, 0) is 13.0 Å². The number of para-hydroxylation sites is 1. The smallest absolute Gasteiger partial charge is 0.257 e. The number of anilines is 3. The number of hydrogen-bond donors (Lipinski definition) is 1. The number of fused-ring (bicyclic) bond motifs is 1. The molecule has 1 saturated heterocycles. The van der Waals surface area contributed by atoms with Gasteiger partial charge in [-0.15, -0.1) is 0 Å². The number of rotatable bonds is 6. The predicted molar refractivity (Wildman–Crippen MR) is 134 cm³/mol. The highest BCUT2D eigenvalue weighted by atomic mass is 16.5. The summed E-state index contributed by atoms with van der Waals surface area (Å²) >= 11 is 0. The molecule has 0 aliphatic carbocycles. The van der Waals surface area contributed by atoms with E-state index in [1.807, 2.05) is 18.3 Å². The quantitative estimate of drug-likeness (QED) is 0.577. The highest BCUT2D eigenvalue weighted by molar-refractivity contribution is 6.03. The molecule has 0 bridgehead atoms. The summed E-state index contributed by atoms with van der Waals surface area (Å²) in [6, 6.07) is 13.6. The Morgan fingerprint density at radius 3 is 2.66 bits per heavy atom. The largest absolute Gasteiger partial charge is 0.493 e. The number of piperidine rings is 1. The van der Waals surface area contributed by atoms with Crippen LogP contribution in [0.2, 0.25) is 0 Å². The van der Waals surface area contributed by atoms with Crippen LogP contribution in [-0.4, -0.2) is 48.0 Å². The van der Waals surface area contributed by atoms with Crippen molar-refractivity contribution in [3.8, 4) is 11.8 Å². The van der Waals surface area contributed by atoms with Gasteiger partial charge in [0.05, 0.1) is 53.7 Å². The molecular formula is C27H28N6O2. The molecule has 0 unspecified atom stereocenters. The van der Waals surface area contributed by atoms with Crippen molar-refractivity contribution in [3.63, 3.8) is 0 Å². The number of hydrogen-bond acceptors (Lipinski definition) is 7. The van der Waals surface area contributed by atoms with Gasteiger partial charge in [0, 0.05) is 37.9 Å². The van der Waals surface area contributed by atoms with E-state index in [-0.39, 0.29) is 5.91 Å². The lowest BCUT2D eigenvalue weighted by atomic mass is 10.1. The van der Waals surface area contributed by atoms with Crippen molar-refractivity contribution < 1.29 is 9.53 Å². The number of amides is 1. The minimum Gasteiger partial charge on any atom is -0.493 e. The van der Waals surface area contributed by atoms with Gasteiger partial charge in [-0.1, -0.05) is 6.07 Å². The number of aromatic nitrogens is 2. The van der Waals surface area contributed by atoms with Crippen molar-refractivity contribution in [1.82, 2.24) is 14.9 Å². The summed E-state index contributed by atoms with van der Waals surface area (Å²) in [5.74, 6) is 0.358. The first-order valence-corrected chi connectivity index (χ1v) is 11.9. The average molecular weight is 469 g/mol. The van der Waals surface area contributed by atoms with Gasteiger partial charge in [-0.25, -0.2) is 0 Å². The van der Waals surface area contributed by atoms with E-state index >= 15 is 0 Å². The van der Waals surface area contributed by atoms with Gasteiger partial charge >= 0.3 is 0 Å². The third-order valence-electron chi connectivity index (χ3n) is 6.60. The fourth-order valence-electron chi connectivity index (χ4n) is 4.82. The van der Waals surface area contributed by atoms with Crippen LogP contribution in [0.1, 0.15) is 52.3 Å². The van der Waals surface area contributed by atoms with Crippen molar-refractivity contribution in [2.24, 2.45) is 0 Å². The van der Waals surface area contributed by atoms with Crippen LogP contribution < -0.4 is 15.0 Å². The Kier molecular flexibility index (Phi) is 6.23. The fourth-order valence-corrected chi connectivity index (χ4v) is 4.82. The van der Waals surface area contributed by atoms with E-state index in [2.05, 4.69) is 28.4 Å². The van der Waals surface area contributed by atoms with Gasteiger partial charge in [-0.05, 0) is 49.6 Å². The lowest BCUT2D eigenvalue weighted by Crippen LogP contribution is -2.29. The SMILES string of the molecule is COc1c(C#N)cccc1Nc1cc(Cc2ccc(N3CCCCC3)cn2)nc2c1C(=O)N(C)C2. The molecule has 8 nitrogen and oxygen atoms in total. The number of nitrogens with one attached hydrogen (secondary N) is 1. The Bertz CT molecular complexity index is 1290. The third kappa shape index (κ3) is 4.50. The lowest BCUT2D eigenvalue weighted by Gasteiger charge is -2.28. The highest BCUT2D eigenvalue weighted by Gasteiger charge is 2.30. The summed E-state index contributed by atoms with van der Waals surface area (Å²) < 4.78 is 5.48. The molecule has 0 saturated carbocycles. The zero-order valence-electron chi connectivity index (χ0n) is 20.0. The van der Waals surface area contributed by atoms with Crippen molar-refractivity contribution in [3.05, 3.63) is 70.8 Å². The summed E-state index contributed by atoms with van der Waals surface area (Å²) in [5.41, 5.74) is 5.88. The van der Waals surface area contributed by atoms with E-state index in [0.29, 0.717) is 41.2 Å². The molecule has 1 N–H and O–H groups in total. The summed E-state index contributed by atoms with van der Waals surface area (Å²) in [7, 11) is 3.30. The number of carbonyl (C=O) groups is 1. The monoisotopic (exact) mass is 468 g/mol. The van der Waals surface area contributed by atoms with Crippen molar-refractivity contribution in [2.75, 3.05) is 37.5 Å². The number of ether oxygens (including phenoxy) is 1. The number of benzene rings is 1. The van der Waals surface area contributed by atoms with Gasteiger partial charge in [0.25, 0.3) is 5.91 Å². The summed E-state index contributed by atoms with van der Waals surface area (Å²) in [5, 5.41) is 12.8. The van der Waals surface area contributed by atoms with E-state index < -0.39 is 0 Å². The summed E-state index contributed by atoms with van der Waals surface area (Å²) in [6.07, 6.45) is 6.25. The average Bonchev–Trinajstić information content (AvgIpc) is 3.18. The summed E-state index contributed by atoms with van der Waals surface area (Å²) in [6.45, 7) is 2.62. The van der Waals surface area contributed by atoms with Gasteiger partial charge in [-0.3, -0.25) is 14.8 Å². The molecule has 0 atom stereocenters. The van der Waals surface area contributed by atoms with Crippen LogP contribution in [0.15, 0.2) is 42.6 Å². The molecule has 2 aliphatic rings. The van der Waals surface area contributed by atoms with E-state index in [1.165, 1.54) is 26.4 Å². The van der Waals surface area contributed by atoms with E-state index in [9.17, 15) is 10.1 Å². The Morgan fingerprint density at radius 1 is 1.11 bits per heavy atom. The van der Waals surface area contributed by atoms with E-state index in [4.69, 9.17) is 14.7 Å². The molecule has 4 heterocycles. The fraction of sp³-hybridized carbons (Fsp3) is 0.333. The molecule has 3 aromatic rings. The first-order chi connectivity index (χ1) is 17.1. The van der Waals surface area contributed by atoms with E-state index in [0.717, 1.165) is 35.9 Å². The second kappa shape index (κ2) is 9.63. The molecule has 178 valence electrons. The number of methoxy groups -OCH3 is 1. The Morgan fingerprint density at radius 2 is 1.94 bits per heavy atom. The van der Waals surface area contributed by atoms with Crippen LogP contribution in [0.25, 0.3) is 0 Å². The molecule has 35 heavy (non-hydrogen) atoms. The van der Waals surface area contributed by atoms with Crippen LogP contribution >= 0.6 is 0 Å². The van der Waals surface area contributed by atoms with Gasteiger partial charge in [0.15, 0.2) is 5.75 Å². The first kappa shape index (κ1) is 22.7. The Balaban J connectivity index is 1.45. The maximum absolute atomic E-state index is 12.9. The second-order valence-electron chi connectivity index (χ2n) is 9.00. The first-order valence-electron chi connectivity index (χ1n) is 11.9. The molecular weight excluding hydrogens is 440 g/mol. The molecule has 0 radical (unpaired) electrons. The molecule has 5 rings (SSSR count). The topological polar surface area (TPSA) is 94.4 Å². The minimum absolute atomic E-state index is 0.0824. The summed E-state index contributed by atoms with van der Waals surface area (Å²) in [4.78, 5) is 26.4. The lowest BCUT2D eigenvalue weighted by molar-refractivity contribution is 0.0817. The second-order valence-corrected chi connectivity index (χ2v) is 9.00. The van der Waals surface area contributed by atoms with Crippen molar-refractivity contribution >= 4 is 23.0 Å². The molecule has 1 amide bonds. The molecule has 1 fully saturated rings. The molecule has 0 spiro atoms. The molecule has 2 aromatic heterocycles. The van der Waals surface area contributed by atoms with Crippen LogP contribution in [0.4, 0.5) is 17.1 Å².